The number of anilines is 1. The van der Waals surface area contributed by atoms with Crippen LogP contribution in [0.5, 0.6) is 0 Å². The molecule has 2 rings (SSSR count). The van der Waals surface area contributed by atoms with Crippen LogP contribution in [-0.4, -0.2) is 18.6 Å². The molecule has 1 aliphatic rings. The summed E-state index contributed by atoms with van der Waals surface area (Å²) in [6.07, 6.45) is 1.44. The first kappa shape index (κ1) is 13.5. The third kappa shape index (κ3) is 2.90. The van der Waals surface area contributed by atoms with Crippen LogP contribution in [0.1, 0.15) is 19.8 Å². The van der Waals surface area contributed by atoms with Crippen molar-refractivity contribution in [3.63, 3.8) is 0 Å². The predicted molar refractivity (Wildman–Crippen MR) is 70.9 cm³/mol. The van der Waals surface area contributed by atoms with Gasteiger partial charge in [-0.15, -0.1) is 0 Å². The Morgan fingerprint density at radius 3 is 3.06 bits per heavy atom. The monoisotopic (exact) mass is 315 g/mol. The molecule has 2 atom stereocenters. The topological polar surface area (TPSA) is 38.3 Å². The zero-order chi connectivity index (χ0) is 13.1. The van der Waals surface area contributed by atoms with E-state index in [0.29, 0.717) is 17.5 Å². The molecule has 0 saturated carbocycles. The lowest BCUT2D eigenvalue weighted by atomic mass is 9.98. The first-order valence-electron chi connectivity index (χ1n) is 5.99. The molecule has 0 aliphatic carbocycles. The highest BCUT2D eigenvalue weighted by molar-refractivity contribution is 9.10. The molecule has 1 heterocycles. The van der Waals surface area contributed by atoms with Gasteiger partial charge in [0, 0.05) is 11.1 Å². The van der Waals surface area contributed by atoms with Crippen LogP contribution in [0.3, 0.4) is 0 Å². The SMILES string of the molecule is CCC1OCCC1C(=O)Nc1ccc(Br)cc1F. The summed E-state index contributed by atoms with van der Waals surface area (Å²) in [5, 5.41) is 2.63. The second-order valence-corrected chi connectivity index (χ2v) is 5.24. The smallest absolute Gasteiger partial charge is 0.230 e. The number of amides is 1. The number of carbonyl (C=O) groups is 1. The van der Waals surface area contributed by atoms with Crippen molar-refractivity contribution in [2.45, 2.75) is 25.9 Å². The highest BCUT2D eigenvalue weighted by atomic mass is 79.9. The molecule has 1 aromatic rings. The minimum Gasteiger partial charge on any atom is -0.377 e. The summed E-state index contributed by atoms with van der Waals surface area (Å²) in [6.45, 7) is 2.58. The van der Waals surface area contributed by atoms with Crippen molar-refractivity contribution in [1.29, 1.82) is 0 Å². The fraction of sp³-hybridized carbons (Fsp3) is 0.462. The van der Waals surface area contributed by atoms with E-state index < -0.39 is 5.82 Å². The quantitative estimate of drug-likeness (QED) is 0.929. The summed E-state index contributed by atoms with van der Waals surface area (Å²) in [7, 11) is 0. The molecule has 1 aliphatic heterocycles. The molecule has 1 N–H and O–H groups in total. The molecular weight excluding hydrogens is 301 g/mol. The van der Waals surface area contributed by atoms with E-state index in [2.05, 4.69) is 21.2 Å². The van der Waals surface area contributed by atoms with E-state index in [0.717, 1.165) is 6.42 Å². The van der Waals surface area contributed by atoms with Crippen LogP contribution in [0.15, 0.2) is 22.7 Å². The minimum absolute atomic E-state index is 0.0523. The molecule has 1 amide bonds. The van der Waals surface area contributed by atoms with Gasteiger partial charge in [-0.2, -0.15) is 0 Å². The molecule has 0 bridgehead atoms. The number of ether oxygens (including phenoxy) is 1. The van der Waals surface area contributed by atoms with Crippen molar-refractivity contribution in [2.24, 2.45) is 5.92 Å². The predicted octanol–water partition coefficient (Wildman–Crippen LogP) is 3.34. The second kappa shape index (κ2) is 5.80. The van der Waals surface area contributed by atoms with Gasteiger partial charge in [-0.05, 0) is 31.0 Å². The highest BCUT2D eigenvalue weighted by Crippen LogP contribution is 2.26. The molecule has 5 heteroatoms. The summed E-state index contributed by atoms with van der Waals surface area (Å²) in [5.41, 5.74) is 0.213. The molecular formula is C13H15BrFNO2. The normalized spacial score (nSPS) is 23.1. The fourth-order valence-electron chi connectivity index (χ4n) is 2.17. The Bertz CT molecular complexity index is 453. The van der Waals surface area contributed by atoms with Crippen molar-refractivity contribution in [3.8, 4) is 0 Å². The van der Waals surface area contributed by atoms with E-state index >= 15 is 0 Å². The van der Waals surface area contributed by atoms with Crippen molar-refractivity contribution in [3.05, 3.63) is 28.5 Å². The van der Waals surface area contributed by atoms with Crippen LogP contribution >= 0.6 is 15.9 Å². The van der Waals surface area contributed by atoms with Crippen LogP contribution in [0.25, 0.3) is 0 Å². The van der Waals surface area contributed by atoms with Gasteiger partial charge in [0.1, 0.15) is 5.82 Å². The molecule has 0 aromatic heterocycles. The lowest BCUT2D eigenvalue weighted by Crippen LogP contribution is -2.29. The van der Waals surface area contributed by atoms with Crippen molar-refractivity contribution in [1.82, 2.24) is 0 Å². The third-order valence-corrected chi connectivity index (χ3v) is 3.63. The van der Waals surface area contributed by atoms with E-state index in [1.165, 1.54) is 6.07 Å². The van der Waals surface area contributed by atoms with E-state index in [-0.39, 0.29) is 23.6 Å². The number of halogens is 2. The van der Waals surface area contributed by atoms with Gasteiger partial charge < -0.3 is 10.1 Å². The number of nitrogens with one attached hydrogen (secondary N) is 1. The van der Waals surface area contributed by atoms with Gasteiger partial charge in [0.05, 0.1) is 17.7 Å². The van der Waals surface area contributed by atoms with Crippen molar-refractivity contribution < 1.29 is 13.9 Å². The maximum Gasteiger partial charge on any atom is 0.230 e. The molecule has 1 saturated heterocycles. The lowest BCUT2D eigenvalue weighted by molar-refractivity contribution is -0.121. The van der Waals surface area contributed by atoms with Crippen LogP contribution in [0, 0.1) is 11.7 Å². The molecule has 18 heavy (non-hydrogen) atoms. The summed E-state index contributed by atoms with van der Waals surface area (Å²) in [6, 6.07) is 4.58. The van der Waals surface area contributed by atoms with Gasteiger partial charge in [-0.25, -0.2) is 4.39 Å². The Morgan fingerprint density at radius 1 is 1.61 bits per heavy atom. The second-order valence-electron chi connectivity index (χ2n) is 4.33. The molecule has 3 nitrogen and oxygen atoms in total. The third-order valence-electron chi connectivity index (χ3n) is 3.14. The van der Waals surface area contributed by atoms with Crippen LogP contribution in [-0.2, 0) is 9.53 Å². The summed E-state index contributed by atoms with van der Waals surface area (Å²) < 4.78 is 19.7. The molecule has 0 spiro atoms. The van der Waals surface area contributed by atoms with Gasteiger partial charge in [0.2, 0.25) is 5.91 Å². The van der Waals surface area contributed by atoms with Gasteiger partial charge in [-0.3, -0.25) is 4.79 Å². The number of hydrogen-bond acceptors (Lipinski definition) is 2. The van der Waals surface area contributed by atoms with E-state index in [1.54, 1.807) is 12.1 Å². The first-order valence-corrected chi connectivity index (χ1v) is 6.78. The Hall–Kier alpha value is -0.940. The molecule has 1 aromatic carbocycles. The molecule has 98 valence electrons. The summed E-state index contributed by atoms with van der Waals surface area (Å²) in [4.78, 5) is 12.1. The first-order chi connectivity index (χ1) is 8.61. The molecule has 2 unspecified atom stereocenters. The average molecular weight is 316 g/mol. The fourth-order valence-corrected chi connectivity index (χ4v) is 2.50. The van der Waals surface area contributed by atoms with Crippen LogP contribution in [0.2, 0.25) is 0 Å². The van der Waals surface area contributed by atoms with Gasteiger partial charge in [-0.1, -0.05) is 22.9 Å². The Kier molecular flexibility index (Phi) is 4.35. The summed E-state index contributed by atoms with van der Waals surface area (Å²) >= 11 is 3.18. The average Bonchev–Trinajstić information content (AvgIpc) is 2.81. The number of benzene rings is 1. The molecule has 1 fully saturated rings. The zero-order valence-corrected chi connectivity index (χ0v) is 11.7. The van der Waals surface area contributed by atoms with Gasteiger partial charge in [0.15, 0.2) is 0 Å². The van der Waals surface area contributed by atoms with E-state index in [4.69, 9.17) is 4.74 Å². The standard InChI is InChI=1S/C13H15BrFNO2/c1-2-12-9(5-6-18-12)13(17)16-11-4-3-8(14)7-10(11)15/h3-4,7,9,12H,2,5-6H2,1H3,(H,16,17). The summed E-state index contributed by atoms with van der Waals surface area (Å²) in [5.74, 6) is -0.789. The number of rotatable bonds is 3. The van der Waals surface area contributed by atoms with Crippen LogP contribution < -0.4 is 5.32 Å². The van der Waals surface area contributed by atoms with Crippen LogP contribution in [0.4, 0.5) is 10.1 Å². The van der Waals surface area contributed by atoms with Gasteiger partial charge in [0.25, 0.3) is 0 Å². The van der Waals surface area contributed by atoms with Crippen molar-refractivity contribution >= 4 is 27.5 Å². The Labute approximate surface area is 114 Å². The Balaban J connectivity index is 2.07. The largest absolute Gasteiger partial charge is 0.377 e. The number of carbonyl (C=O) groups excluding carboxylic acids is 1. The maximum absolute atomic E-state index is 13.6. The highest BCUT2D eigenvalue weighted by Gasteiger charge is 2.32. The minimum atomic E-state index is -0.440. The lowest BCUT2D eigenvalue weighted by Gasteiger charge is -2.16. The Morgan fingerprint density at radius 2 is 2.39 bits per heavy atom. The zero-order valence-electron chi connectivity index (χ0n) is 10.1. The van der Waals surface area contributed by atoms with Crippen molar-refractivity contribution in [2.75, 3.05) is 11.9 Å². The van der Waals surface area contributed by atoms with E-state index in [1.807, 2.05) is 6.92 Å². The maximum atomic E-state index is 13.6. The molecule has 0 radical (unpaired) electrons. The number of hydrogen-bond donors (Lipinski definition) is 1. The van der Waals surface area contributed by atoms with Gasteiger partial charge >= 0.3 is 0 Å². The van der Waals surface area contributed by atoms with E-state index in [9.17, 15) is 9.18 Å².